The molecule has 3 heteroatoms. The third-order valence-corrected chi connectivity index (χ3v) is 2.21. The van der Waals surface area contributed by atoms with E-state index in [9.17, 15) is 4.79 Å². The molecule has 0 atom stereocenters. The van der Waals surface area contributed by atoms with Crippen LogP contribution in [0, 0.1) is 0 Å². The molecule has 1 aromatic heterocycles. The highest BCUT2D eigenvalue weighted by Crippen LogP contribution is 1.68. The smallest absolute Gasteiger partial charge is 0.305 e. The first-order valence-electron chi connectivity index (χ1n) is 4.26. The van der Waals surface area contributed by atoms with E-state index in [1.54, 1.807) is 12.2 Å². The van der Waals surface area contributed by atoms with E-state index in [4.69, 9.17) is 0 Å². The highest BCUT2D eigenvalue weighted by Gasteiger charge is 1.88. The molecule has 0 unspecified atom stereocenters. The topological polar surface area (TPSA) is 32.9 Å². The molecule has 2 nitrogen and oxygen atoms in total. The summed E-state index contributed by atoms with van der Waals surface area (Å²) in [5.41, 5.74) is 0. The predicted molar refractivity (Wildman–Crippen MR) is 60.3 cm³/mol. The van der Waals surface area contributed by atoms with E-state index in [1.165, 1.54) is 11.3 Å². The standard InChI is InChI=1S/C8H9NOS.C2H6/c1-3-5-6-7(4-2)11-8(10)9-6;1-2/h3-5H,1H2,2H3,(H,9,10);1-2H3/b6-5+,7-4+;. The van der Waals surface area contributed by atoms with Gasteiger partial charge in [-0.15, -0.1) is 0 Å². The molecule has 1 rings (SSSR count). The predicted octanol–water partition coefficient (Wildman–Crippen LogP) is 1.23. The highest BCUT2D eigenvalue weighted by molar-refractivity contribution is 7.07. The van der Waals surface area contributed by atoms with Crippen molar-refractivity contribution in [1.82, 2.24) is 4.98 Å². The summed E-state index contributed by atoms with van der Waals surface area (Å²) in [6.45, 7) is 9.46. The number of rotatable bonds is 1. The Morgan fingerprint density at radius 2 is 2.08 bits per heavy atom. The molecule has 0 bridgehead atoms. The molecular formula is C10H15NOS. The van der Waals surface area contributed by atoms with E-state index in [1.807, 2.05) is 26.8 Å². The molecule has 13 heavy (non-hydrogen) atoms. The molecule has 0 saturated heterocycles. The van der Waals surface area contributed by atoms with Crippen LogP contribution in [0.15, 0.2) is 17.4 Å². The normalized spacial score (nSPS) is 12.2. The molecule has 0 aliphatic heterocycles. The minimum Gasteiger partial charge on any atom is -0.312 e. The third kappa shape index (κ3) is 3.42. The molecule has 1 heterocycles. The lowest BCUT2D eigenvalue weighted by Gasteiger charge is -1.72. The van der Waals surface area contributed by atoms with Crippen molar-refractivity contribution in [2.45, 2.75) is 20.8 Å². The van der Waals surface area contributed by atoms with Crippen LogP contribution in [0.4, 0.5) is 0 Å². The number of allylic oxidation sites excluding steroid dienone is 1. The fraction of sp³-hybridized carbons (Fsp3) is 0.300. The van der Waals surface area contributed by atoms with Crippen molar-refractivity contribution >= 4 is 23.5 Å². The SMILES string of the molecule is C=C/C=c1/[nH]c(=O)s/c1=C/C.CC. The molecule has 0 fully saturated rings. The van der Waals surface area contributed by atoms with E-state index in [2.05, 4.69) is 11.6 Å². The Morgan fingerprint density at radius 1 is 1.46 bits per heavy atom. The van der Waals surface area contributed by atoms with Crippen LogP contribution < -0.4 is 14.8 Å². The first kappa shape index (κ1) is 11.9. The van der Waals surface area contributed by atoms with Crippen LogP contribution in [0.2, 0.25) is 0 Å². The van der Waals surface area contributed by atoms with Crippen molar-refractivity contribution in [3.05, 3.63) is 32.2 Å². The van der Waals surface area contributed by atoms with Gasteiger partial charge in [0.15, 0.2) is 0 Å². The molecule has 0 saturated carbocycles. The number of hydrogen-bond donors (Lipinski definition) is 1. The zero-order valence-corrected chi connectivity index (χ0v) is 9.07. The van der Waals surface area contributed by atoms with Gasteiger partial charge in [-0.05, 0) is 13.0 Å². The minimum atomic E-state index is -0.0220. The van der Waals surface area contributed by atoms with Gasteiger partial charge in [0.25, 0.3) is 0 Å². The van der Waals surface area contributed by atoms with E-state index in [0.29, 0.717) is 0 Å². The number of H-pyrrole nitrogens is 1. The van der Waals surface area contributed by atoms with Gasteiger partial charge in [-0.1, -0.05) is 43.9 Å². The van der Waals surface area contributed by atoms with Crippen molar-refractivity contribution in [1.29, 1.82) is 0 Å². The number of nitrogens with one attached hydrogen (secondary N) is 1. The maximum Gasteiger partial charge on any atom is 0.305 e. The summed E-state index contributed by atoms with van der Waals surface area (Å²) in [6.07, 6.45) is 5.34. The lowest BCUT2D eigenvalue weighted by molar-refractivity contribution is 1.26. The summed E-state index contributed by atoms with van der Waals surface area (Å²) < 4.78 is 0.968. The fourth-order valence-electron chi connectivity index (χ4n) is 0.808. The molecular weight excluding hydrogens is 182 g/mol. The van der Waals surface area contributed by atoms with Crippen LogP contribution in [0.1, 0.15) is 20.8 Å². The quantitative estimate of drug-likeness (QED) is 0.721. The van der Waals surface area contributed by atoms with Gasteiger partial charge in [-0.3, -0.25) is 4.79 Å². The molecule has 0 aliphatic carbocycles. The first-order chi connectivity index (χ1) is 6.27. The summed E-state index contributed by atoms with van der Waals surface area (Å²) in [5.74, 6) is 0. The van der Waals surface area contributed by atoms with Crippen LogP contribution in [0.25, 0.3) is 12.2 Å². The van der Waals surface area contributed by atoms with Gasteiger partial charge in [-0.25, -0.2) is 0 Å². The maximum atomic E-state index is 10.8. The second-order valence-electron chi connectivity index (χ2n) is 1.98. The first-order valence-corrected chi connectivity index (χ1v) is 5.08. The van der Waals surface area contributed by atoms with Crippen LogP contribution in [-0.4, -0.2) is 4.98 Å². The second-order valence-corrected chi connectivity index (χ2v) is 3.00. The van der Waals surface area contributed by atoms with Crippen molar-refractivity contribution in [2.24, 2.45) is 0 Å². The zero-order chi connectivity index (χ0) is 10.3. The molecule has 1 N–H and O–H groups in total. The summed E-state index contributed by atoms with van der Waals surface area (Å²) in [5, 5.41) is 0.845. The largest absolute Gasteiger partial charge is 0.312 e. The molecule has 0 amide bonds. The summed E-state index contributed by atoms with van der Waals surface area (Å²) >= 11 is 1.21. The van der Waals surface area contributed by atoms with E-state index < -0.39 is 0 Å². The van der Waals surface area contributed by atoms with Crippen molar-refractivity contribution in [3.8, 4) is 0 Å². The average Bonchev–Trinajstić information content (AvgIpc) is 2.50. The second kappa shape index (κ2) is 6.43. The zero-order valence-electron chi connectivity index (χ0n) is 8.26. The number of hydrogen-bond acceptors (Lipinski definition) is 2. The van der Waals surface area contributed by atoms with Gasteiger partial charge in [0.05, 0.1) is 9.88 Å². The van der Waals surface area contributed by atoms with E-state index in [0.717, 1.165) is 9.88 Å². The van der Waals surface area contributed by atoms with Gasteiger partial charge in [-0.2, -0.15) is 0 Å². The van der Waals surface area contributed by atoms with Crippen molar-refractivity contribution < 1.29 is 0 Å². The Bertz CT molecular complexity index is 411. The van der Waals surface area contributed by atoms with E-state index >= 15 is 0 Å². The van der Waals surface area contributed by atoms with Crippen molar-refractivity contribution in [2.75, 3.05) is 0 Å². The number of aromatic nitrogens is 1. The van der Waals surface area contributed by atoms with Crippen LogP contribution in [-0.2, 0) is 0 Å². The Kier molecular flexibility index (Phi) is 5.89. The Morgan fingerprint density at radius 3 is 2.54 bits per heavy atom. The number of thiazole rings is 1. The van der Waals surface area contributed by atoms with E-state index in [-0.39, 0.29) is 4.87 Å². The fourth-order valence-corrected chi connectivity index (χ4v) is 1.52. The Labute approximate surface area is 81.9 Å². The lowest BCUT2D eigenvalue weighted by Crippen LogP contribution is -2.20. The summed E-state index contributed by atoms with van der Waals surface area (Å²) in [6, 6.07) is 0. The van der Waals surface area contributed by atoms with Gasteiger partial charge in [0.1, 0.15) is 0 Å². The monoisotopic (exact) mass is 197 g/mol. The maximum absolute atomic E-state index is 10.8. The van der Waals surface area contributed by atoms with Crippen molar-refractivity contribution in [3.63, 3.8) is 0 Å². The van der Waals surface area contributed by atoms with Gasteiger partial charge < -0.3 is 4.98 Å². The van der Waals surface area contributed by atoms with Crippen LogP contribution >= 0.6 is 11.3 Å². The molecule has 72 valence electrons. The molecule has 0 spiro atoms. The van der Waals surface area contributed by atoms with Crippen LogP contribution in [0.5, 0.6) is 0 Å². The highest BCUT2D eigenvalue weighted by atomic mass is 32.1. The number of aromatic amines is 1. The average molecular weight is 197 g/mol. The summed E-state index contributed by atoms with van der Waals surface area (Å²) in [7, 11) is 0. The van der Waals surface area contributed by atoms with Gasteiger partial charge in [0.2, 0.25) is 0 Å². The third-order valence-electron chi connectivity index (χ3n) is 1.25. The molecule has 0 aliphatic rings. The molecule has 0 aromatic carbocycles. The Balaban J connectivity index is 0.000000671. The Hall–Kier alpha value is -1.09. The molecule has 1 aromatic rings. The molecule has 0 radical (unpaired) electrons. The van der Waals surface area contributed by atoms with Gasteiger partial charge in [0, 0.05) is 0 Å². The summed E-state index contributed by atoms with van der Waals surface area (Å²) in [4.78, 5) is 13.5. The van der Waals surface area contributed by atoms with Crippen LogP contribution in [0.3, 0.4) is 0 Å². The van der Waals surface area contributed by atoms with Gasteiger partial charge >= 0.3 is 4.87 Å². The minimum absolute atomic E-state index is 0.0220. The lowest BCUT2D eigenvalue weighted by atomic mass is 10.5.